The van der Waals surface area contributed by atoms with E-state index in [-0.39, 0.29) is 18.4 Å². The number of halogens is 1. The number of rotatable bonds is 5. The molecular formula is C19H19FN2O3. The number of aryl methyl sites for hydroxylation is 1. The second-order valence-corrected chi connectivity index (χ2v) is 5.94. The van der Waals surface area contributed by atoms with Crippen molar-refractivity contribution in [3.05, 3.63) is 53.8 Å². The van der Waals surface area contributed by atoms with Gasteiger partial charge in [-0.05, 0) is 49.2 Å². The maximum Gasteiger partial charge on any atom is 0.262 e. The van der Waals surface area contributed by atoms with Crippen LogP contribution in [0.4, 0.5) is 15.8 Å². The molecule has 0 aliphatic carbocycles. The van der Waals surface area contributed by atoms with Gasteiger partial charge in [0, 0.05) is 30.4 Å². The van der Waals surface area contributed by atoms with Gasteiger partial charge in [0.05, 0.1) is 0 Å². The van der Waals surface area contributed by atoms with E-state index < -0.39 is 5.82 Å². The minimum Gasteiger partial charge on any atom is -0.484 e. The van der Waals surface area contributed by atoms with E-state index >= 15 is 0 Å². The Bertz CT molecular complexity index is 807. The lowest BCUT2D eigenvalue weighted by atomic mass is 10.1. The maximum atomic E-state index is 13.1. The van der Waals surface area contributed by atoms with E-state index in [1.807, 2.05) is 19.1 Å². The standard InChI is InChI=1S/C19H19FN2O3/c1-13-10-15(7-8-17(13)22-9-3-6-19(22)24)21-18(23)12-25-16-5-2-4-14(20)11-16/h2,4-5,7-8,10-11H,3,6,9,12H2,1H3,(H,21,23). The second kappa shape index (κ2) is 7.34. The molecule has 0 aromatic heterocycles. The lowest BCUT2D eigenvalue weighted by Crippen LogP contribution is -2.24. The van der Waals surface area contributed by atoms with E-state index in [1.54, 1.807) is 17.0 Å². The fraction of sp³-hybridized carbons (Fsp3) is 0.263. The van der Waals surface area contributed by atoms with Gasteiger partial charge in [-0.1, -0.05) is 6.07 Å². The van der Waals surface area contributed by atoms with Crippen LogP contribution in [-0.4, -0.2) is 25.0 Å². The third-order valence-corrected chi connectivity index (χ3v) is 4.01. The third-order valence-electron chi connectivity index (χ3n) is 4.01. The van der Waals surface area contributed by atoms with Gasteiger partial charge in [0.15, 0.2) is 6.61 Å². The molecular weight excluding hydrogens is 323 g/mol. The quantitative estimate of drug-likeness (QED) is 0.907. The number of nitrogens with zero attached hydrogens (tertiary/aromatic N) is 1. The van der Waals surface area contributed by atoms with Crippen molar-refractivity contribution in [2.75, 3.05) is 23.4 Å². The summed E-state index contributed by atoms with van der Waals surface area (Å²) in [5.41, 5.74) is 2.41. The van der Waals surface area contributed by atoms with Gasteiger partial charge >= 0.3 is 0 Å². The summed E-state index contributed by atoms with van der Waals surface area (Å²) in [4.78, 5) is 25.6. The van der Waals surface area contributed by atoms with Crippen LogP contribution in [0.15, 0.2) is 42.5 Å². The minimum absolute atomic E-state index is 0.128. The predicted octanol–water partition coefficient (Wildman–Crippen LogP) is 3.28. The Balaban J connectivity index is 1.60. The number of benzene rings is 2. The summed E-state index contributed by atoms with van der Waals surface area (Å²) in [6, 6.07) is 11.0. The summed E-state index contributed by atoms with van der Waals surface area (Å²) in [7, 11) is 0. The number of amides is 2. The van der Waals surface area contributed by atoms with Gasteiger partial charge in [-0.25, -0.2) is 4.39 Å². The fourth-order valence-electron chi connectivity index (χ4n) is 2.84. The Kier molecular flexibility index (Phi) is 4.97. The molecule has 0 radical (unpaired) electrons. The van der Waals surface area contributed by atoms with Crippen LogP contribution in [-0.2, 0) is 9.59 Å². The molecule has 5 nitrogen and oxygen atoms in total. The maximum absolute atomic E-state index is 13.1. The molecule has 1 saturated heterocycles. The highest BCUT2D eigenvalue weighted by Gasteiger charge is 2.23. The van der Waals surface area contributed by atoms with Crippen LogP contribution in [0.5, 0.6) is 5.75 Å². The van der Waals surface area contributed by atoms with E-state index in [1.165, 1.54) is 18.2 Å². The summed E-state index contributed by atoms with van der Waals surface area (Å²) in [5, 5.41) is 2.74. The van der Waals surface area contributed by atoms with Gasteiger partial charge in [0.2, 0.25) is 5.91 Å². The van der Waals surface area contributed by atoms with Gasteiger partial charge in [0.1, 0.15) is 11.6 Å². The van der Waals surface area contributed by atoms with Gasteiger partial charge in [0.25, 0.3) is 5.91 Å². The molecule has 2 aromatic rings. The Labute approximate surface area is 145 Å². The summed E-state index contributed by atoms with van der Waals surface area (Å²) >= 11 is 0. The number of hydrogen-bond donors (Lipinski definition) is 1. The monoisotopic (exact) mass is 342 g/mol. The molecule has 0 bridgehead atoms. The zero-order chi connectivity index (χ0) is 17.8. The number of carbonyl (C=O) groups excluding carboxylic acids is 2. The summed E-state index contributed by atoms with van der Waals surface area (Å²) in [6.07, 6.45) is 1.45. The molecule has 0 saturated carbocycles. The zero-order valence-electron chi connectivity index (χ0n) is 13.9. The molecule has 130 valence electrons. The van der Waals surface area contributed by atoms with Gasteiger partial charge in [-0.15, -0.1) is 0 Å². The van der Waals surface area contributed by atoms with E-state index in [0.717, 1.165) is 24.2 Å². The molecule has 0 unspecified atom stereocenters. The molecule has 2 aromatic carbocycles. The van der Waals surface area contributed by atoms with E-state index in [2.05, 4.69) is 5.32 Å². The summed E-state index contributed by atoms with van der Waals surface area (Å²) in [5.74, 6) is -0.327. The first-order chi connectivity index (χ1) is 12.0. The Morgan fingerprint density at radius 3 is 2.80 bits per heavy atom. The van der Waals surface area contributed by atoms with Crippen molar-refractivity contribution in [3.63, 3.8) is 0 Å². The molecule has 3 rings (SSSR count). The van der Waals surface area contributed by atoms with E-state index in [4.69, 9.17) is 4.74 Å². The number of ether oxygens (including phenoxy) is 1. The van der Waals surface area contributed by atoms with Gasteiger partial charge in [-0.2, -0.15) is 0 Å². The summed E-state index contributed by atoms with van der Waals surface area (Å²) in [6.45, 7) is 2.42. The number of hydrogen-bond acceptors (Lipinski definition) is 3. The van der Waals surface area contributed by atoms with Crippen molar-refractivity contribution >= 4 is 23.2 Å². The molecule has 1 N–H and O–H groups in total. The first kappa shape index (κ1) is 17.0. The van der Waals surface area contributed by atoms with Crippen LogP contribution < -0.4 is 15.0 Å². The van der Waals surface area contributed by atoms with Crippen LogP contribution in [0.3, 0.4) is 0 Å². The fourth-order valence-corrected chi connectivity index (χ4v) is 2.84. The first-order valence-electron chi connectivity index (χ1n) is 8.12. The molecule has 1 aliphatic heterocycles. The lowest BCUT2D eigenvalue weighted by Gasteiger charge is -2.19. The molecule has 6 heteroatoms. The molecule has 0 atom stereocenters. The Hall–Kier alpha value is -2.89. The summed E-state index contributed by atoms with van der Waals surface area (Å²) < 4.78 is 18.3. The highest BCUT2D eigenvalue weighted by atomic mass is 19.1. The van der Waals surface area contributed by atoms with Crippen molar-refractivity contribution in [2.24, 2.45) is 0 Å². The van der Waals surface area contributed by atoms with Crippen molar-refractivity contribution in [3.8, 4) is 5.75 Å². The second-order valence-electron chi connectivity index (χ2n) is 5.94. The normalized spacial score (nSPS) is 13.8. The number of nitrogens with one attached hydrogen (secondary N) is 1. The lowest BCUT2D eigenvalue weighted by molar-refractivity contribution is -0.118. The van der Waals surface area contributed by atoms with Gasteiger partial charge < -0.3 is 15.0 Å². The molecule has 1 fully saturated rings. The smallest absolute Gasteiger partial charge is 0.262 e. The van der Waals surface area contributed by atoms with Gasteiger partial charge in [-0.3, -0.25) is 9.59 Å². The van der Waals surface area contributed by atoms with Crippen LogP contribution >= 0.6 is 0 Å². The Morgan fingerprint density at radius 1 is 1.28 bits per heavy atom. The zero-order valence-corrected chi connectivity index (χ0v) is 13.9. The van der Waals surface area contributed by atoms with Crippen LogP contribution in [0.1, 0.15) is 18.4 Å². The largest absolute Gasteiger partial charge is 0.484 e. The van der Waals surface area contributed by atoms with Crippen LogP contribution in [0.25, 0.3) is 0 Å². The molecule has 1 aliphatic rings. The molecule has 25 heavy (non-hydrogen) atoms. The third kappa shape index (κ3) is 4.15. The van der Waals surface area contributed by atoms with Crippen LogP contribution in [0, 0.1) is 12.7 Å². The van der Waals surface area contributed by atoms with Crippen molar-refractivity contribution < 1.29 is 18.7 Å². The van der Waals surface area contributed by atoms with E-state index in [0.29, 0.717) is 17.9 Å². The average molecular weight is 342 g/mol. The minimum atomic E-state index is -0.416. The Morgan fingerprint density at radius 2 is 2.12 bits per heavy atom. The highest BCUT2D eigenvalue weighted by molar-refractivity contribution is 5.97. The topological polar surface area (TPSA) is 58.6 Å². The van der Waals surface area contributed by atoms with Crippen molar-refractivity contribution in [1.82, 2.24) is 0 Å². The molecule has 2 amide bonds. The molecule has 0 spiro atoms. The first-order valence-corrected chi connectivity index (χ1v) is 8.12. The van der Waals surface area contributed by atoms with E-state index in [9.17, 15) is 14.0 Å². The SMILES string of the molecule is Cc1cc(NC(=O)COc2cccc(F)c2)ccc1N1CCCC1=O. The number of anilines is 2. The highest BCUT2D eigenvalue weighted by Crippen LogP contribution is 2.27. The number of carbonyl (C=O) groups is 2. The average Bonchev–Trinajstić information content (AvgIpc) is 2.99. The molecule has 1 heterocycles. The van der Waals surface area contributed by atoms with Crippen LogP contribution in [0.2, 0.25) is 0 Å². The van der Waals surface area contributed by atoms with Crippen molar-refractivity contribution in [1.29, 1.82) is 0 Å². The predicted molar refractivity (Wildman–Crippen MR) is 93.3 cm³/mol. The van der Waals surface area contributed by atoms with Crippen molar-refractivity contribution in [2.45, 2.75) is 19.8 Å².